The van der Waals surface area contributed by atoms with Gasteiger partial charge in [0.15, 0.2) is 6.29 Å². The van der Waals surface area contributed by atoms with E-state index >= 15 is 0 Å². The largest absolute Gasteiger partial charge is 0.496 e. The Labute approximate surface area is 70.8 Å². The van der Waals surface area contributed by atoms with Crippen molar-refractivity contribution in [3.63, 3.8) is 0 Å². The summed E-state index contributed by atoms with van der Waals surface area (Å²) in [5, 5.41) is 0. The zero-order valence-corrected chi connectivity index (χ0v) is 6.50. The highest BCUT2D eigenvalue weighted by molar-refractivity contribution is 6.32. The SMILES string of the molecule is [B]c1cc(F)c(C=O)c(OC)c1. The van der Waals surface area contributed by atoms with E-state index in [0.717, 1.165) is 6.07 Å². The van der Waals surface area contributed by atoms with Crippen molar-refractivity contribution in [3.05, 3.63) is 23.5 Å². The zero-order valence-electron chi connectivity index (χ0n) is 6.50. The van der Waals surface area contributed by atoms with Crippen LogP contribution < -0.4 is 10.2 Å². The quantitative estimate of drug-likeness (QED) is 0.468. The van der Waals surface area contributed by atoms with Crippen LogP contribution in [0.2, 0.25) is 0 Å². The summed E-state index contributed by atoms with van der Waals surface area (Å²) in [6, 6.07) is 2.47. The standard InChI is InChI=1S/C8H6BFO2/c1-12-8-3-5(9)2-7(10)6(8)4-11/h2-4H,1H3. The molecule has 60 valence electrons. The minimum absolute atomic E-state index is 0.105. The molecule has 12 heavy (non-hydrogen) atoms. The van der Waals surface area contributed by atoms with E-state index in [1.54, 1.807) is 0 Å². The fraction of sp³-hybridized carbons (Fsp3) is 0.125. The van der Waals surface area contributed by atoms with Gasteiger partial charge in [0.1, 0.15) is 19.4 Å². The third-order valence-electron chi connectivity index (χ3n) is 1.45. The van der Waals surface area contributed by atoms with Gasteiger partial charge in [0.2, 0.25) is 0 Å². The molecule has 0 spiro atoms. The molecular weight excluding hydrogens is 158 g/mol. The molecule has 1 rings (SSSR count). The van der Waals surface area contributed by atoms with Crippen LogP contribution in [0.15, 0.2) is 12.1 Å². The molecule has 4 heteroatoms. The number of hydrogen-bond acceptors (Lipinski definition) is 2. The van der Waals surface area contributed by atoms with Crippen molar-refractivity contribution in [2.75, 3.05) is 7.11 Å². The molecule has 1 aromatic carbocycles. The predicted octanol–water partition coefficient (Wildman–Crippen LogP) is 0.441. The molecule has 1 aromatic rings. The number of ether oxygens (including phenoxy) is 1. The van der Waals surface area contributed by atoms with Crippen LogP contribution in [-0.2, 0) is 0 Å². The van der Waals surface area contributed by atoms with E-state index in [1.165, 1.54) is 13.2 Å². The molecule has 0 aliphatic rings. The lowest BCUT2D eigenvalue weighted by atomic mass is 9.94. The van der Waals surface area contributed by atoms with Gasteiger partial charge in [-0.15, -0.1) is 0 Å². The van der Waals surface area contributed by atoms with Crippen LogP contribution >= 0.6 is 0 Å². The van der Waals surface area contributed by atoms with Crippen LogP contribution in [0.5, 0.6) is 5.75 Å². The summed E-state index contributed by atoms with van der Waals surface area (Å²) >= 11 is 0. The average molecular weight is 164 g/mol. The summed E-state index contributed by atoms with van der Waals surface area (Å²) in [4.78, 5) is 10.4. The first-order chi connectivity index (χ1) is 5.69. The first kappa shape index (κ1) is 8.78. The molecular formula is C8H6BFO2. The summed E-state index contributed by atoms with van der Waals surface area (Å²) in [5.74, 6) is -0.510. The van der Waals surface area contributed by atoms with Gasteiger partial charge >= 0.3 is 0 Å². The Morgan fingerprint density at radius 3 is 2.75 bits per heavy atom. The van der Waals surface area contributed by atoms with Crippen LogP contribution in [0.1, 0.15) is 10.4 Å². The van der Waals surface area contributed by atoms with Gasteiger partial charge < -0.3 is 4.74 Å². The monoisotopic (exact) mass is 164 g/mol. The van der Waals surface area contributed by atoms with Gasteiger partial charge in [-0.05, 0) is 12.1 Å². The summed E-state index contributed by atoms with van der Waals surface area (Å²) in [5.41, 5.74) is 0.127. The number of methoxy groups -OCH3 is 1. The van der Waals surface area contributed by atoms with E-state index in [4.69, 9.17) is 12.6 Å². The maximum atomic E-state index is 12.9. The van der Waals surface area contributed by atoms with Gasteiger partial charge in [0.05, 0.1) is 12.7 Å². The number of hydrogen-bond donors (Lipinski definition) is 0. The van der Waals surface area contributed by atoms with Gasteiger partial charge in [-0.3, -0.25) is 4.79 Å². The molecule has 0 fully saturated rings. The molecule has 0 aliphatic carbocycles. The number of aldehydes is 1. The summed E-state index contributed by atoms with van der Waals surface area (Å²) < 4.78 is 17.7. The highest BCUT2D eigenvalue weighted by atomic mass is 19.1. The highest BCUT2D eigenvalue weighted by Crippen LogP contribution is 2.16. The highest BCUT2D eigenvalue weighted by Gasteiger charge is 2.08. The average Bonchev–Trinajstić information content (AvgIpc) is 2.03. The molecule has 0 N–H and O–H groups in total. The molecule has 0 aromatic heterocycles. The van der Waals surface area contributed by atoms with Crippen LogP contribution in [0.4, 0.5) is 4.39 Å². The van der Waals surface area contributed by atoms with Crippen molar-refractivity contribution in [2.45, 2.75) is 0 Å². The molecule has 0 saturated carbocycles. The van der Waals surface area contributed by atoms with E-state index < -0.39 is 5.82 Å². The second-order valence-corrected chi connectivity index (χ2v) is 2.24. The van der Waals surface area contributed by atoms with Crippen molar-refractivity contribution in [2.24, 2.45) is 0 Å². The van der Waals surface area contributed by atoms with Crippen LogP contribution in [0.3, 0.4) is 0 Å². The van der Waals surface area contributed by atoms with Crippen LogP contribution in [0.25, 0.3) is 0 Å². The lowest BCUT2D eigenvalue weighted by Gasteiger charge is -2.05. The number of benzene rings is 1. The van der Waals surface area contributed by atoms with E-state index in [0.29, 0.717) is 6.29 Å². The van der Waals surface area contributed by atoms with E-state index in [-0.39, 0.29) is 16.8 Å². The van der Waals surface area contributed by atoms with Gasteiger partial charge in [-0.1, -0.05) is 5.46 Å². The third kappa shape index (κ3) is 1.47. The van der Waals surface area contributed by atoms with Crippen LogP contribution in [0, 0.1) is 5.82 Å². The Kier molecular flexibility index (Phi) is 2.48. The number of rotatable bonds is 2. The summed E-state index contributed by atoms with van der Waals surface area (Å²) in [6.07, 6.45) is 0.396. The normalized spacial score (nSPS) is 9.50. The predicted molar refractivity (Wildman–Crippen MR) is 43.7 cm³/mol. The zero-order chi connectivity index (χ0) is 9.14. The minimum Gasteiger partial charge on any atom is -0.496 e. The maximum absolute atomic E-state index is 12.9. The lowest BCUT2D eigenvalue weighted by molar-refractivity contribution is 0.111. The van der Waals surface area contributed by atoms with Crippen molar-refractivity contribution in [3.8, 4) is 5.75 Å². The number of carbonyl (C=O) groups excluding carboxylic acids is 1. The molecule has 0 unspecified atom stereocenters. The molecule has 0 atom stereocenters. The smallest absolute Gasteiger partial charge is 0.156 e. The Hall–Kier alpha value is -1.32. The first-order valence-electron chi connectivity index (χ1n) is 3.27. The fourth-order valence-corrected chi connectivity index (χ4v) is 0.896. The van der Waals surface area contributed by atoms with Crippen molar-refractivity contribution in [1.82, 2.24) is 0 Å². The molecule has 2 radical (unpaired) electrons. The Morgan fingerprint density at radius 1 is 1.58 bits per heavy atom. The van der Waals surface area contributed by atoms with E-state index in [2.05, 4.69) is 0 Å². The molecule has 0 aliphatic heterocycles. The van der Waals surface area contributed by atoms with Crippen molar-refractivity contribution in [1.29, 1.82) is 0 Å². The number of carbonyl (C=O) groups is 1. The second-order valence-electron chi connectivity index (χ2n) is 2.24. The molecule has 0 amide bonds. The molecule has 0 bridgehead atoms. The fourth-order valence-electron chi connectivity index (χ4n) is 0.896. The topological polar surface area (TPSA) is 26.3 Å². The van der Waals surface area contributed by atoms with E-state index in [1.807, 2.05) is 0 Å². The van der Waals surface area contributed by atoms with Gasteiger partial charge in [0, 0.05) is 0 Å². The second kappa shape index (κ2) is 3.39. The van der Waals surface area contributed by atoms with Gasteiger partial charge in [-0.2, -0.15) is 0 Å². The number of halogens is 1. The van der Waals surface area contributed by atoms with Gasteiger partial charge in [-0.25, -0.2) is 4.39 Å². The van der Waals surface area contributed by atoms with Crippen molar-refractivity contribution >= 4 is 19.6 Å². The van der Waals surface area contributed by atoms with Gasteiger partial charge in [0.25, 0.3) is 0 Å². The van der Waals surface area contributed by atoms with Crippen LogP contribution in [-0.4, -0.2) is 21.2 Å². The Balaban J connectivity index is 3.33. The summed E-state index contributed by atoms with van der Waals surface area (Å²) in [7, 11) is 6.67. The Bertz CT molecular complexity index is 312. The lowest BCUT2D eigenvalue weighted by Crippen LogP contribution is -2.07. The minimum atomic E-state index is -0.665. The molecule has 0 heterocycles. The van der Waals surface area contributed by atoms with Crippen molar-refractivity contribution < 1.29 is 13.9 Å². The summed E-state index contributed by atoms with van der Waals surface area (Å²) in [6.45, 7) is 0. The molecule has 2 nitrogen and oxygen atoms in total. The first-order valence-corrected chi connectivity index (χ1v) is 3.27. The molecule has 0 saturated heterocycles. The third-order valence-corrected chi connectivity index (χ3v) is 1.45. The Morgan fingerprint density at radius 2 is 2.25 bits per heavy atom. The van der Waals surface area contributed by atoms with E-state index in [9.17, 15) is 9.18 Å². The maximum Gasteiger partial charge on any atom is 0.156 e.